The molecule has 2 rings (SSSR count). The van der Waals surface area contributed by atoms with Gasteiger partial charge in [0.1, 0.15) is 0 Å². The Labute approximate surface area is 122 Å². The molecule has 1 saturated heterocycles. The summed E-state index contributed by atoms with van der Waals surface area (Å²) in [4.78, 5) is 9.08. The molecule has 5 heteroatoms. The van der Waals surface area contributed by atoms with E-state index < -0.39 is 0 Å². The standard InChI is InChI=1S/C15H27N5/c1-4-6-18-15(12-10-17-7-5-13(12)16)14-11-19(2)8-9-20(14)3/h5,7,10,14-15,18H,4,6,8-9,11H2,1-3H3,(H2,16,17). The van der Waals surface area contributed by atoms with Gasteiger partial charge in [-0.2, -0.15) is 0 Å². The van der Waals surface area contributed by atoms with E-state index in [9.17, 15) is 0 Å². The third kappa shape index (κ3) is 3.48. The van der Waals surface area contributed by atoms with Crippen LogP contribution in [0.15, 0.2) is 18.5 Å². The van der Waals surface area contributed by atoms with Crippen molar-refractivity contribution in [1.29, 1.82) is 0 Å². The summed E-state index contributed by atoms with van der Waals surface area (Å²) in [5.41, 5.74) is 8.12. The van der Waals surface area contributed by atoms with Crippen LogP contribution in [0.3, 0.4) is 0 Å². The molecule has 112 valence electrons. The molecule has 0 bridgehead atoms. The number of anilines is 1. The highest BCUT2D eigenvalue weighted by molar-refractivity contribution is 5.47. The van der Waals surface area contributed by atoms with Crippen molar-refractivity contribution < 1.29 is 0 Å². The van der Waals surface area contributed by atoms with Crippen LogP contribution in [0, 0.1) is 0 Å². The Morgan fingerprint density at radius 1 is 1.45 bits per heavy atom. The van der Waals surface area contributed by atoms with Crippen molar-refractivity contribution in [3.63, 3.8) is 0 Å². The zero-order chi connectivity index (χ0) is 14.5. The summed E-state index contributed by atoms with van der Waals surface area (Å²) in [6.45, 7) is 6.44. The number of hydrogen-bond donors (Lipinski definition) is 2. The number of nitrogen functional groups attached to an aromatic ring is 1. The molecule has 0 saturated carbocycles. The molecule has 1 aromatic rings. The fourth-order valence-corrected chi connectivity index (χ4v) is 2.83. The molecule has 1 aromatic heterocycles. The van der Waals surface area contributed by atoms with Crippen LogP contribution in [0.2, 0.25) is 0 Å². The maximum absolute atomic E-state index is 6.17. The van der Waals surface area contributed by atoms with Crippen LogP contribution in [-0.4, -0.2) is 61.1 Å². The molecule has 0 radical (unpaired) electrons. The Morgan fingerprint density at radius 3 is 2.95 bits per heavy atom. The first kappa shape index (κ1) is 15.2. The summed E-state index contributed by atoms with van der Waals surface area (Å²) in [5, 5.41) is 3.66. The summed E-state index contributed by atoms with van der Waals surface area (Å²) in [6, 6.07) is 2.55. The van der Waals surface area contributed by atoms with Gasteiger partial charge in [0, 0.05) is 49.3 Å². The molecule has 0 aromatic carbocycles. The first-order chi connectivity index (χ1) is 9.63. The molecule has 0 spiro atoms. The van der Waals surface area contributed by atoms with Gasteiger partial charge >= 0.3 is 0 Å². The van der Waals surface area contributed by atoms with Crippen molar-refractivity contribution in [2.45, 2.75) is 25.4 Å². The minimum atomic E-state index is 0.233. The second kappa shape index (κ2) is 7.02. The van der Waals surface area contributed by atoms with Crippen LogP contribution in [0.5, 0.6) is 0 Å². The van der Waals surface area contributed by atoms with E-state index in [4.69, 9.17) is 5.73 Å². The van der Waals surface area contributed by atoms with E-state index in [2.05, 4.69) is 41.1 Å². The van der Waals surface area contributed by atoms with Gasteiger partial charge in [-0.15, -0.1) is 0 Å². The third-order valence-electron chi connectivity index (χ3n) is 4.12. The SMILES string of the molecule is CCCNC(c1cnccc1N)C1CN(C)CCN1C. The second-order valence-corrected chi connectivity index (χ2v) is 5.75. The van der Waals surface area contributed by atoms with Gasteiger partial charge in [0.15, 0.2) is 0 Å². The third-order valence-corrected chi connectivity index (χ3v) is 4.12. The average Bonchev–Trinajstić information content (AvgIpc) is 2.44. The van der Waals surface area contributed by atoms with E-state index in [0.29, 0.717) is 6.04 Å². The quantitative estimate of drug-likeness (QED) is 0.839. The fourth-order valence-electron chi connectivity index (χ4n) is 2.83. The minimum absolute atomic E-state index is 0.233. The monoisotopic (exact) mass is 277 g/mol. The van der Waals surface area contributed by atoms with Crippen molar-refractivity contribution in [3.05, 3.63) is 24.0 Å². The number of rotatable bonds is 5. The first-order valence-corrected chi connectivity index (χ1v) is 7.45. The van der Waals surface area contributed by atoms with E-state index in [1.165, 1.54) is 0 Å². The van der Waals surface area contributed by atoms with Crippen molar-refractivity contribution in [2.75, 3.05) is 46.0 Å². The number of nitrogens with zero attached hydrogens (tertiary/aromatic N) is 3. The van der Waals surface area contributed by atoms with Gasteiger partial charge in [0.2, 0.25) is 0 Å². The van der Waals surface area contributed by atoms with Gasteiger partial charge in [-0.1, -0.05) is 6.92 Å². The van der Waals surface area contributed by atoms with E-state index in [0.717, 1.165) is 43.9 Å². The van der Waals surface area contributed by atoms with Crippen molar-refractivity contribution in [1.82, 2.24) is 20.1 Å². The smallest absolute Gasteiger partial charge is 0.0526 e. The zero-order valence-corrected chi connectivity index (χ0v) is 12.8. The largest absolute Gasteiger partial charge is 0.398 e. The Balaban J connectivity index is 2.24. The number of piperazine rings is 1. The van der Waals surface area contributed by atoms with Crippen molar-refractivity contribution in [2.24, 2.45) is 0 Å². The predicted molar refractivity (Wildman–Crippen MR) is 83.6 cm³/mol. The number of aromatic nitrogens is 1. The lowest BCUT2D eigenvalue weighted by atomic mass is 9.96. The zero-order valence-electron chi connectivity index (χ0n) is 12.8. The maximum Gasteiger partial charge on any atom is 0.0526 e. The van der Waals surface area contributed by atoms with E-state index >= 15 is 0 Å². The summed E-state index contributed by atoms with van der Waals surface area (Å²) in [7, 11) is 4.38. The van der Waals surface area contributed by atoms with Crippen LogP contribution in [0.25, 0.3) is 0 Å². The molecule has 1 aliphatic heterocycles. The van der Waals surface area contributed by atoms with E-state index in [1.54, 1.807) is 6.20 Å². The second-order valence-electron chi connectivity index (χ2n) is 5.75. The Kier molecular flexibility index (Phi) is 5.34. The lowest BCUT2D eigenvalue weighted by Crippen LogP contribution is -2.55. The van der Waals surface area contributed by atoms with Gasteiger partial charge in [0.05, 0.1) is 6.04 Å². The van der Waals surface area contributed by atoms with Gasteiger partial charge in [-0.05, 0) is 33.1 Å². The molecule has 0 amide bonds. The highest BCUT2D eigenvalue weighted by Gasteiger charge is 2.31. The number of nitrogens with two attached hydrogens (primary N) is 1. The van der Waals surface area contributed by atoms with Crippen LogP contribution < -0.4 is 11.1 Å². The van der Waals surface area contributed by atoms with Gasteiger partial charge in [0.25, 0.3) is 0 Å². The van der Waals surface area contributed by atoms with Gasteiger partial charge in [-0.3, -0.25) is 9.88 Å². The molecule has 3 N–H and O–H groups in total. The molecule has 5 nitrogen and oxygen atoms in total. The molecular weight excluding hydrogens is 250 g/mol. The number of pyridine rings is 1. The molecule has 2 atom stereocenters. The molecule has 0 aliphatic carbocycles. The van der Waals surface area contributed by atoms with Crippen LogP contribution >= 0.6 is 0 Å². The van der Waals surface area contributed by atoms with Gasteiger partial charge in [-0.25, -0.2) is 0 Å². The predicted octanol–water partition coefficient (Wildman–Crippen LogP) is 0.950. The minimum Gasteiger partial charge on any atom is -0.398 e. The summed E-state index contributed by atoms with van der Waals surface area (Å²) < 4.78 is 0. The van der Waals surface area contributed by atoms with Crippen LogP contribution in [-0.2, 0) is 0 Å². The molecule has 1 aliphatic rings. The van der Waals surface area contributed by atoms with Crippen LogP contribution in [0.4, 0.5) is 5.69 Å². The molecule has 2 heterocycles. The Morgan fingerprint density at radius 2 is 2.25 bits per heavy atom. The molecular formula is C15H27N5. The van der Waals surface area contributed by atoms with Crippen molar-refractivity contribution >= 4 is 5.69 Å². The molecule has 1 fully saturated rings. The highest BCUT2D eigenvalue weighted by Crippen LogP contribution is 2.26. The number of likely N-dealkylation sites (N-methyl/N-ethyl adjacent to an activating group) is 2. The molecule has 20 heavy (non-hydrogen) atoms. The van der Waals surface area contributed by atoms with E-state index in [1.807, 2.05) is 12.3 Å². The average molecular weight is 277 g/mol. The number of hydrogen-bond acceptors (Lipinski definition) is 5. The topological polar surface area (TPSA) is 57.4 Å². The fraction of sp³-hybridized carbons (Fsp3) is 0.667. The summed E-state index contributed by atoms with van der Waals surface area (Å²) in [6.07, 6.45) is 4.78. The van der Waals surface area contributed by atoms with Gasteiger partial charge < -0.3 is 16.0 Å². The summed E-state index contributed by atoms with van der Waals surface area (Å²) >= 11 is 0. The Hall–Kier alpha value is -1.17. The molecule has 2 unspecified atom stereocenters. The maximum atomic E-state index is 6.17. The summed E-state index contributed by atoms with van der Waals surface area (Å²) in [5.74, 6) is 0. The van der Waals surface area contributed by atoms with Crippen molar-refractivity contribution in [3.8, 4) is 0 Å². The van der Waals surface area contributed by atoms with E-state index in [-0.39, 0.29) is 6.04 Å². The number of nitrogens with one attached hydrogen (secondary N) is 1. The Bertz CT molecular complexity index is 422. The first-order valence-electron chi connectivity index (χ1n) is 7.45. The normalized spacial score (nSPS) is 22.9. The lowest BCUT2D eigenvalue weighted by molar-refractivity contribution is 0.0877. The highest BCUT2D eigenvalue weighted by atomic mass is 15.3. The van der Waals surface area contributed by atoms with Crippen LogP contribution in [0.1, 0.15) is 24.9 Å². The lowest BCUT2D eigenvalue weighted by Gasteiger charge is -2.42.